The molecule has 1 aliphatic heterocycles. The topological polar surface area (TPSA) is 35.8 Å². The number of nitrogens with one attached hydrogen (secondary N) is 1. The third-order valence-electron chi connectivity index (χ3n) is 2.14. The Bertz CT molecular complexity index is 134. The van der Waals surface area contributed by atoms with Crippen LogP contribution in [-0.4, -0.2) is 12.6 Å². The van der Waals surface area contributed by atoms with Gasteiger partial charge in [0.25, 0.3) is 0 Å². The molecule has 0 aliphatic carbocycles. The molecule has 3 heteroatoms. The highest BCUT2D eigenvalue weighted by Gasteiger charge is 2.16. The SMILES string of the molecule is CC1CCC(CC#N)CN1.Cl. The number of hydrogen-bond donors (Lipinski definition) is 1. The van der Waals surface area contributed by atoms with E-state index in [4.69, 9.17) is 5.26 Å². The first-order chi connectivity index (χ1) is 4.83. The number of rotatable bonds is 1. The highest BCUT2D eigenvalue weighted by atomic mass is 35.5. The predicted molar refractivity (Wildman–Crippen MR) is 47.7 cm³/mol. The van der Waals surface area contributed by atoms with E-state index in [0.29, 0.717) is 12.0 Å². The largest absolute Gasteiger partial charge is 0.314 e. The number of halogens is 1. The summed E-state index contributed by atoms with van der Waals surface area (Å²) in [6.45, 7) is 3.23. The van der Waals surface area contributed by atoms with Crippen molar-refractivity contribution in [3.63, 3.8) is 0 Å². The van der Waals surface area contributed by atoms with Gasteiger partial charge in [-0.3, -0.25) is 0 Å². The Balaban J connectivity index is 0.000001000. The quantitative estimate of drug-likeness (QED) is 0.657. The molecule has 0 bridgehead atoms. The fourth-order valence-electron chi connectivity index (χ4n) is 1.36. The number of piperidine rings is 1. The minimum atomic E-state index is 0. The molecule has 0 aromatic heterocycles. The molecule has 1 saturated heterocycles. The summed E-state index contributed by atoms with van der Waals surface area (Å²) >= 11 is 0. The molecule has 0 saturated carbocycles. The Labute approximate surface area is 74.4 Å². The third kappa shape index (κ3) is 3.60. The van der Waals surface area contributed by atoms with E-state index in [9.17, 15) is 0 Å². The highest BCUT2D eigenvalue weighted by Crippen LogP contribution is 2.16. The van der Waals surface area contributed by atoms with Gasteiger partial charge in [0.2, 0.25) is 0 Å². The molecule has 2 nitrogen and oxygen atoms in total. The zero-order chi connectivity index (χ0) is 7.40. The second-order valence-electron chi connectivity index (χ2n) is 3.11. The van der Waals surface area contributed by atoms with Crippen molar-refractivity contribution in [2.45, 2.75) is 32.2 Å². The Hall–Kier alpha value is -0.260. The monoisotopic (exact) mass is 174 g/mol. The van der Waals surface area contributed by atoms with Crippen LogP contribution in [0.1, 0.15) is 26.2 Å². The Morgan fingerprint density at radius 3 is 2.73 bits per heavy atom. The van der Waals surface area contributed by atoms with E-state index >= 15 is 0 Å². The summed E-state index contributed by atoms with van der Waals surface area (Å²) in [6.07, 6.45) is 3.17. The van der Waals surface area contributed by atoms with Gasteiger partial charge in [0.05, 0.1) is 6.07 Å². The summed E-state index contributed by atoms with van der Waals surface area (Å²) in [6, 6.07) is 2.87. The lowest BCUT2D eigenvalue weighted by molar-refractivity contribution is 0.327. The van der Waals surface area contributed by atoms with Crippen molar-refractivity contribution in [3.05, 3.63) is 0 Å². The molecule has 1 fully saturated rings. The summed E-state index contributed by atoms with van der Waals surface area (Å²) in [5.74, 6) is 0.612. The Morgan fingerprint density at radius 2 is 2.27 bits per heavy atom. The molecule has 1 heterocycles. The molecule has 0 amide bonds. The fourth-order valence-corrected chi connectivity index (χ4v) is 1.36. The Morgan fingerprint density at radius 1 is 1.55 bits per heavy atom. The molecular weight excluding hydrogens is 160 g/mol. The van der Waals surface area contributed by atoms with E-state index in [0.717, 1.165) is 13.0 Å². The van der Waals surface area contributed by atoms with Crippen molar-refractivity contribution in [1.29, 1.82) is 5.26 Å². The molecule has 0 radical (unpaired) electrons. The number of nitrogens with zero attached hydrogens (tertiary/aromatic N) is 1. The first-order valence-electron chi connectivity index (χ1n) is 3.93. The lowest BCUT2D eigenvalue weighted by atomic mass is 9.93. The summed E-state index contributed by atoms with van der Waals surface area (Å²) in [5.41, 5.74) is 0. The highest BCUT2D eigenvalue weighted by molar-refractivity contribution is 5.85. The van der Waals surface area contributed by atoms with E-state index in [1.807, 2.05) is 0 Å². The Kier molecular flexibility index (Phi) is 5.27. The molecule has 11 heavy (non-hydrogen) atoms. The normalized spacial score (nSPS) is 30.2. The van der Waals surface area contributed by atoms with Crippen molar-refractivity contribution in [2.75, 3.05) is 6.54 Å². The van der Waals surface area contributed by atoms with Gasteiger partial charge in [-0.05, 0) is 32.2 Å². The zero-order valence-electron chi connectivity index (χ0n) is 6.84. The van der Waals surface area contributed by atoms with Crippen molar-refractivity contribution in [1.82, 2.24) is 5.32 Å². The van der Waals surface area contributed by atoms with E-state index in [1.54, 1.807) is 0 Å². The van der Waals surface area contributed by atoms with Gasteiger partial charge in [-0.15, -0.1) is 12.4 Å². The first-order valence-corrected chi connectivity index (χ1v) is 3.93. The number of hydrogen-bond acceptors (Lipinski definition) is 2. The van der Waals surface area contributed by atoms with Crippen LogP contribution in [-0.2, 0) is 0 Å². The van der Waals surface area contributed by atoms with Crippen molar-refractivity contribution >= 4 is 12.4 Å². The molecule has 64 valence electrons. The van der Waals surface area contributed by atoms with Crippen molar-refractivity contribution < 1.29 is 0 Å². The van der Waals surface area contributed by atoms with Crippen LogP contribution in [0.4, 0.5) is 0 Å². The average molecular weight is 175 g/mol. The van der Waals surface area contributed by atoms with Gasteiger partial charge >= 0.3 is 0 Å². The van der Waals surface area contributed by atoms with Gasteiger partial charge in [-0.1, -0.05) is 0 Å². The zero-order valence-corrected chi connectivity index (χ0v) is 7.66. The molecule has 1 N–H and O–H groups in total. The van der Waals surface area contributed by atoms with E-state index in [1.165, 1.54) is 12.8 Å². The van der Waals surface area contributed by atoms with Crippen LogP contribution in [0.3, 0.4) is 0 Å². The van der Waals surface area contributed by atoms with Crippen LogP contribution in [0.25, 0.3) is 0 Å². The van der Waals surface area contributed by atoms with Crippen LogP contribution < -0.4 is 5.32 Å². The van der Waals surface area contributed by atoms with Gasteiger partial charge in [0.15, 0.2) is 0 Å². The standard InChI is InChI=1S/C8H14N2.ClH/c1-7-2-3-8(4-5-9)6-10-7;/h7-8,10H,2-4,6H2,1H3;1H. The van der Waals surface area contributed by atoms with Crippen LogP contribution >= 0.6 is 12.4 Å². The summed E-state index contributed by atoms with van der Waals surface area (Å²) in [5, 5.41) is 11.8. The van der Waals surface area contributed by atoms with Crippen molar-refractivity contribution in [2.24, 2.45) is 5.92 Å². The molecule has 0 spiro atoms. The summed E-state index contributed by atoms with van der Waals surface area (Å²) in [4.78, 5) is 0. The minimum absolute atomic E-state index is 0. The van der Waals surface area contributed by atoms with E-state index in [-0.39, 0.29) is 12.4 Å². The average Bonchev–Trinajstić information content (AvgIpc) is 1.95. The van der Waals surface area contributed by atoms with Crippen LogP contribution in [0.5, 0.6) is 0 Å². The van der Waals surface area contributed by atoms with Crippen LogP contribution in [0.2, 0.25) is 0 Å². The summed E-state index contributed by atoms with van der Waals surface area (Å²) < 4.78 is 0. The van der Waals surface area contributed by atoms with Gasteiger partial charge < -0.3 is 5.32 Å². The lowest BCUT2D eigenvalue weighted by Crippen LogP contribution is -2.36. The van der Waals surface area contributed by atoms with Crippen molar-refractivity contribution in [3.8, 4) is 6.07 Å². The third-order valence-corrected chi connectivity index (χ3v) is 2.14. The maximum absolute atomic E-state index is 8.41. The molecular formula is C8H15ClN2. The maximum Gasteiger partial charge on any atom is 0.0625 e. The molecule has 2 atom stereocenters. The van der Waals surface area contributed by atoms with E-state index in [2.05, 4.69) is 18.3 Å². The lowest BCUT2D eigenvalue weighted by Gasteiger charge is -2.25. The smallest absolute Gasteiger partial charge is 0.0625 e. The minimum Gasteiger partial charge on any atom is -0.314 e. The molecule has 1 aliphatic rings. The van der Waals surface area contributed by atoms with Crippen LogP contribution in [0, 0.1) is 17.2 Å². The number of nitriles is 1. The van der Waals surface area contributed by atoms with E-state index < -0.39 is 0 Å². The molecule has 0 aromatic rings. The second-order valence-corrected chi connectivity index (χ2v) is 3.11. The first kappa shape index (κ1) is 10.7. The van der Waals surface area contributed by atoms with Gasteiger partial charge in [0, 0.05) is 12.5 Å². The van der Waals surface area contributed by atoms with Gasteiger partial charge in [-0.25, -0.2) is 0 Å². The predicted octanol–water partition coefficient (Wildman–Crippen LogP) is 1.71. The van der Waals surface area contributed by atoms with Gasteiger partial charge in [-0.2, -0.15) is 5.26 Å². The molecule has 0 aromatic carbocycles. The summed E-state index contributed by atoms with van der Waals surface area (Å²) in [7, 11) is 0. The molecule has 2 unspecified atom stereocenters. The van der Waals surface area contributed by atoms with Crippen LogP contribution in [0.15, 0.2) is 0 Å². The molecule has 1 rings (SSSR count). The van der Waals surface area contributed by atoms with Gasteiger partial charge in [0.1, 0.15) is 0 Å². The maximum atomic E-state index is 8.41. The fraction of sp³-hybridized carbons (Fsp3) is 0.875. The second kappa shape index (κ2) is 5.40.